The Morgan fingerprint density at radius 2 is 1.61 bits per heavy atom. The first-order valence-corrected chi connectivity index (χ1v) is 14.6. The second-order valence-corrected chi connectivity index (χ2v) is 11.6. The smallest absolute Gasteiger partial charge is 0.242 e. The fraction of sp³-hybridized carbons (Fsp3) is 0.440. The van der Waals surface area contributed by atoms with E-state index in [1.807, 2.05) is 6.92 Å². The number of rotatable bonds is 12. The average molecular weight is 577 g/mol. The van der Waals surface area contributed by atoms with Crippen LogP contribution in [0.4, 0.5) is 5.69 Å². The van der Waals surface area contributed by atoms with Crippen molar-refractivity contribution < 1.29 is 18.0 Å². The summed E-state index contributed by atoms with van der Waals surface area (Å²) in [6.45, 7) is 5.93. The molecular weight excluding hydrogens is 545 g/mol. The average Bonchev–Trinajstić information content (AvgIpc) is 2.81. The van der Waals surface area contributed by atoms with Crippen LogP contribution >= 0.6 is 34.8 Å². The van der Waals surface area contributed by atoms with Crippen molar-refractivity contribution in [2.75, 3.05) is 23.7 Å². The van der Waals surface area contributed by atoms with Crippen LogP contribution in [0.1, 0.15) is 44.2 Å². The minimum absolute atomic E-state index is 0.0130. The van der Waals surface area contributed by atoms with Crippen LogP contribution in [0.3, 0.4) is 0 Å². The Hall–Kier alpha value is -2.00. The predicted octanol–water partition coefficient (Wildman–Crippen LogP) is 5.44. The summed E-state index contributed by atoms with van der Waals surface area (Å²) in [7, 11) is -3.62. The Balaban J connectivity index is 2.24. The number of hydrogen-bond acceptors (Lipinski definition) is 4. The molecule has 0 unspecified atom stereocenters. The second kappa shape index (κ2) is 13.5. The van der Waals surface area contributed by atoms with E-state index in [1.54, 1.807) is 50.2 Å². The molecule has 36 heavy (non-hydrogen) atoms. The van der Waals surface area contributed by atoms with Gasteiger partial charge in [-0.3, -0.25) is 13.9 Å². The number of amides is 2. The quantitative estimate of drug-likeness (QED) is 0.364. The first kappa shape index (κ1) is 30.2. The summed E-state index contributed by atoms with van der Waals surface area (Å²) in [5.74, 6) is -0.609. The van der Waals surface area contributed by atoms with Gasteiger partial charge in [0.2, 0.25) is 21.8 Å². The zero-order valence-electron chi connectivity index (χ0n) is 20.9. The molecule has 2 rings (SSSR count). The predicted molar refractivity (Wildman–Crippen MR) is 147 cm³/mol. The molecule has 7 nitrogen and oxygen atoms in total. The van der Waals surface area contributed by atoms with Crippen LogP contribution in [0.5, 0.6) is 0 Å². The van der Waals surface area contributed by atoms with Crippen LogP contribution in [0.25, 0.3) is 0 Å². The Bertz CT molecular complexity index is 1170. The van der Waals surface area contributed by atoms with Gasteiger partial charge in [-0.15, -0.1) is 0 Å². The van der Waals surface area contributed by atoms with Gasteiger partial charge < -0.3 is 10.2 Å². The number of hydrogen-bond donors (Lipinski definition) is 1. The van der Waals surface area contributed by atoms with Gasteiger partial charge in [0, 0.05) is 46.7 Å². The molecule has 2 aromatic rings. The fourth-order valence-electron chi connectivity index (χ4n) is 3.68. The van der Waals surface area contributed by atoms with Gasteiger partial charge in [0.15, 0.2) is 0 Å². The zero-order valence-corrected chi connectivity index (χ0v) is 23.9. The molecule has 2 amide bonds. The lowest BCUT2D eigenvalue weighted by Crippen LogP contribution is -2.48. The summed E-state index contributed by atoms with van der Waals surface area (Å²) in [6, 6.07) is 9.31. The van der Waals surface area contributed by atoms with E-state index >= 15 is 0 Å². The van der Waals surface area contributed by atoms with Gasteiger partial charge in [-0.2, -0.15) is 0 Å². The molecule has 2 aromatic carbocycles. The monoisotopic (exact) mass is 575 g/mol. The first-order valence-electron chi connectivity index (χ1n) is 11.6. The lowest BCUT2D eigenvalue weighted by molar-refractivity contribution is -0.140. The molecule has 0 bridgehead atoms. The highest BCUT2D eigenvalue weighted by Gasteiger charge is 2.28. The van der Waals surface area contributed by atoms with Crippen molar-refractivity contribution in [1.29, 1.82) is 0 Å². The molecule has 1 N–H and O–H groups in total. The number of sulfonamides is 1. The van der Waals surface area contributed by atoms with Gasteiger partial charge in [0.05, 0.1) is 11.9 Å². The van der Waals surface area contributed by atoms with E-state index in [-0.39, 0.29) is 37.7 Å². The summed E-state index contributed by atoms with van der Waals surface area (Å²) in [5.41, 5.74) is 1.63. The molecule has 0 radical (unpaired) electrons. The van der Waals surface area contributed by atoms with Crippen LogP contribution in [-0.4, -0.2) is 50.5 Å². The van der Waals surface area contributed by atoms with Crippen molar-refractivity contribution in [1.82, 2.24) is 10.2 Å². The molecule has 0 aliphatic carbocycles. The summed E-state index contributed by atoms with van der Waals surface area (Å²) in [4.78, 5) is 27.5. The molecule has 0 spiro atoms. The van der Waals surface area contributed by atoms with E-state index in [1.165, 1.54) is 9.21 Å². The van der Waals surface area contributed by atoms with E-state index in [0.29, 0.717) is 38.4 Å². The van der Waals surface area contributed by atoms with E-state index < -0.39 is 16.1 Å². The molecule has 0 saturated heterocycles. The minimum atomic E-state index is -3.62. The molecule has 0 fully saturated rings. The standard InChI is InChI=1S/C25H32Cl3N3O4S/c1-5-14-29-25(33)18(3)30(16-19-21(27)10-6-11-22(19)28)24(32)13-8-15-31(36(4,34)35)23-12-7-9-20(26)17(23)2/h6-7,9-12,18H,5,8,13-16H2,1-4H3,(H,29,33)/t18-/m1/s1. The Labute approximate surface area is 228 Å². The Kier molecular flexibility index (Phi) is 11.3. The van der Waals surface area contributed by atoms with Gasteiger partial charge >= 0.3 is 0 Å². The number of nitrogens with zero attached hydrogens (tertiary/aromatic N) is 2. The fourth-order valence-corrected chi connectivity index (χ4v) is 5.38. The summed E-state index contributed by atoms with van der Waals surface area (Å²) >= 11 is 18.9. The van der Waals surface area contributed by atoms with Crippen LogP contribution in [0.2, 0.25) is 15.1 Å². The number of carbonyl (C=O) groups is 2. The normalized spacial score (nSPS) is 12.2. The molecule has 0 aromatic heterocycles. The molecule has 0 aliphatic heterocycles. The van der Waals surface area contributed by atoms with Gasteiger partial charge in [-0.25, -0.2) is 8.42 Å². The van der Waals surface area contributed by atoms with Crippen LogP contribution in [0, 0.1) is 6.92 Å². The van der Waals surface area contributed by atoms with Gasteiger partial charge in [0.1, 0.15) is 6.04 Å². The summed E-state index contributed by atoms with van der Waals surface area (Å²) < 4.78 is 26.3. The van der Waals surface area contributed by atoms with Crippen molar-refractivity contribution in [3.05, 3.63) is 62.6 Å². The lowest BCUT2D eigenvalue weighted by atomic mass is 10.1. The van der Waals surface area contributed by atoms with Gasteiger partial charge in [-0.05, 0) is 56.5 Å². The first-order chi connectivity index (χ1) is 16.9. The van der Waals surface area contributed by atoms with Crippen molar-refractivity contribution in [2.45, 2.75) is 52.6 Å². The third kappa shape index (κ3) is 8.00. The van der Waals surface area contributed by atoms with E-state index in [2.05, 4.69) is 5.32 Å². The number of halogens is 3. The maximum absolute atomic E-state index is 13.3. The lowest BCUT2D eigenvalue weighted by Gasteiger charge is -2.30. The van der Waals surface area contributed by atoms with Crippen LogP contribution < -0.4 is 9.62 Å². The third-order valence-corrected chi connectivity index (χ3v) is 8.06. The number of benzene rings is 2. The summed E-state index contributed by atoms with van der Waals surface area (Å²) in [5, 5.41) is 4.04. The summed E-state index contributed by atoms with van der Waals surface area (Å²) in [6.07, 6.45) is 2.11. The third-order valence-electron chi connectivity index (χ3n) is 5.77. The van der Waals surface area contributed by atoms with Gasteiger partial charge in [0.25, 0.3) is 0 Å². The zero-order chi connectivity index (χ0) is 27.0. The maximum atomic E-state index is 13.3. The highest BCUT2D eigenvalue weighted by Crippen LogP contribution is 2.29. The van der Waals surface area contributed by atoms with E-state index in [4.69, 9.17) is 34.8 Å². The van der Waals surface area contributed by atoms with Crippen LogP contribution in [0.15, 0.2) is 36.4 Å². The largest absolute Gasteiger partial charge is 0.354 e. The molecule has 0 heterocycles. The molecule has 0 saturated carbocycles. The second-order valence-electron chi connectivity index (χ2n) is 8.51. The highest BCUT2D eigenvalue weighted by molar-refractivity contribution is 7.92. The van der Waals surface area contributed by atoms with Crippen molar-refractivity contribution in [3.63, 3.8) is 0 Å². The Morgan fingerprint density at radius 1 is 1.03 bits per heavy atom. The van der Waals surface area contributed by atoms with Crippen molar-refractivity contribution >= 4 is 62.3 Å². The molecular formula is C25H32Cl3N3O4S. The number of nitrogens with one attached hydrogen (secondary N) is 1. The van der Waals surface area contributed by atoms with Crippen LogP contribution in [-0.2, 0) is 26.2 Å². The van der Waals surface area contributed by atoms with E-state index in [0.717, 1.165) is 12.7 Å². The maximum Gasteiger partial charge on any atom is 0.242 e. The Morgan fingerprint density at radius 3 is 2.19 bits per heavy atom. The number of carbonyl (C=O) groups excluding carboxylic acids is 2. The molecule has 11 heteroatoms. The minimum Gasteiger partial charge on any atom is -0.354 e. The number of anilines is 1. The molecule has 198 valence electrons. The SMILES string of the molecule is CCCNC(=O)[C@@H](C)N(Cc1c(Cl)cccc1Cl)C(=O)CCCN(c1cccc(Cl)c1C)S(C)(=O)=O. The molecule has 1 atom stereocenters. The van der Waals surface area contributed by atoms with E-state index in [9.17, 15) is 18.0 Å². The van der Waals surface area contributed by atoms with Crippen molar-refractivity contribution in [2.24, 2.45) is 0 Å². The topological polar surface area (TPSA) is 86.8 Å². The highest BCUT2D eigenvalue weighted by atomic mass is 35.5. The van der Waals surface area contributed by atoms with Gasteiger partial charge in [-0.1, -0.05) is 53.9 Å². The van der Waals surface area contributed by atoms with Crippen molar-refractivity contribution in [3.8, 4) is 0 Å². The molecule has 0 aliphatic rings.